The number of urea groups is 1. The molecule has 8 nitrogen and oxygen atoms in total. The van der Waals surface area contributed by atoms with Crippen molar-refractivity contribution in [2.45, 2.75) is 6.10 Å². The highest BCUT2D eigenvalue weighted by molar-refractivity contribution is 5.99. The molecule has 0 saturated heterocycles. The molecule has 2 N–H and O–H groups in total. The van der Waals surface area contributed by atoms with Crippen LogP contribution in [0.4, 0.5) is 4.79 Å². The van der Waals surface area contributed by atoms with E-state index in [0.29, 0.717) is 16.9 Å². The zero-order chi connectivity index (χ0) is 23.9. The standard InChI is InChI=1S/C26H22N4O4/c1-27-26(33)28-24(31)23(19-13-7-3-8-14-19)34-25(32)22-17-21(18-11-5-2-6-12-18)29-30(22)20-15-9-4-10-16-20/h2-17,23H,1H3,(H2,27,28,31,33)/t23-/m0/s1. The number of nitrogens with one attached hydrogen (secondary N) is 2. The summed E-state index contributed by atoms with van der Waals surface area (Å²) in [6, 6.07) is 28.0. The Morgan fingerprint density at radius 1 is 0.853 bits per heavy atom. The fourth-order valence-electron chi connectivity index (χ4n) is 3.35. The van der Waals surface area contributed by atoms with Crippen LogP contribution in [0.5, 0.6) is 0 Å². The molecule has 1 atom stereocenters. The number of benzene rings is 3. The van der Waals surface area contributed by atoms with Crippen LogP contribution >= 0.6 is 0 Å². The number of amides is 3. The Kier molecular flexibility index (Phi) is 6.78. The average molecular weight is 454 g/mol. The van der Waals surface area contributed by atoms with Gasteiger partial charge in [0.15, 0.2) is 5.69 Å². The van der Waals surface area contributed by atoms with E-state index in [1.54, 1.807) is 36.4 Å². The van der Waals surface area contributed by atoms with Crippen LogP contribution in [0.2, 0.25) is 0 Å². The monoisotopic (exact) mass is 454 g/mol. The van der Waals surface area contributed by atoms with E-state index in [1.165, 1.54) is 11.7 Å². The summed E-state index contributed by atoms with van der Waals surface area (Å²) >= 11 is 0. The summed E-state index contributed by atoms with van der Waals surface area (Å²) in [5.74, 6) is -1.53. The van der Waals surface area contributed by atoms with E-state index in [2.05, 4.69) is 15.7 Å². The average Bonchev–Trinajstić information content (AvgIpc) is 3.34. The van der Waals surface area contributed by atoms with Gasteiger partial charge in [0.1, 0.15) is 0 Å². The summed E-state index contributed by atoms with van der Waals surface area (Å²) in [6.45, 7) is 0. The SMILES string of the molecule is CNC(=O)NC(=O)[C@@H](OC(=O)c1cc(-c2ccccc2)nn1-c1ccccc1)c1ccccc1. The highest BCUT2D eigenvalue weighted by atomic mass is 16.5. The molecule has 4 aromatic rings. The number of rotatable bonds is 6. The highest BCUT2D eigenvalue weighted by Gasteiger charge is 2.29. The fraction of sp³-hybridized carbons (Fsp3) is 0.0769. The first-order valence-electron chi connectivity index (χ1n) is 10.6. The van der Waals surface area contributed by atoms with E-state index in [4.69, 9.17) is 4.74 Å². The van der Waals surface area contributed by atoms with Gasteiger partial charge in [-0.3, -0.25) is 10.1 Å². The third kappa shape index (κ3) is 5.02. The zero-order valence-electron chi connectivity index (χ0n) is 18.3. The van der Waals surface area contributed by atoms with Crippen molar-refractivity contribution >= 4 is 17.9 Å². The van der Waals surface area contributed by atoms with E-state index in [0.717, 1.165) is 5.56 Å². The van der Waals surface area contributed by atoms with Crippen LogP contribution in [0.25, 0.3) is 16.9 Å². The Morgan fingerprint density at radius 3 is 2.06 bits per heavy atom. The molecule has 0 fully saturated rings. The van der Waals surface area contributed by atoms with Crippen molar-refractivity contribution in [3.8, 4) is 16.9 Å². The van der Waals surface area contributed by atoms with Gasteiger partial charge < -0.3 is 10.1 Å². The Labute approximate surface area is 196 Å². The van der Waals surface area contributed by atoms with Crippen LogP contribution < -0.4 is 10.6 Å². The maximum atomic E-state index is 13.4. The number of carbonyl (C=O) groups excluding carboxylic acids is 3. The van der Waals surface area contributed by atoms with E-state index in [-0.39, 0.29) is 5.69 Å². The molecule has 0 aliphatic rings. The molecule has 0 spiro atoms. The maximum absolute atomic E-state index is 13.4. The van der Waals surface area contributed by atoms with Crippen LogP contribution in [0.3, 0.4) is 0 Å². The number of para-hydroxylation sites is 1. The third-order valence-electron chi connectivity index (χ3n) is 5.02. The first kappa shape index (κ1) is 22.5. The molecule has 0 aliphatic heterocycles. The van der Waals surface area contributed by atoms with Gasteiger partial charge in [0.2, 0.25) is 6.10 Å². The Morgan fingerprint density at radius 2 is 1.44 bits per heavy atom. The van der Waals surface area contributed by atoms with Gasteiger partial charge in [0.05, 0.1) is 11.4 Å². The largest absolute Gasteiger partial charge is 0.443 e. The van der Waals surface area contributed by atoms with E-state index < -0.39 is 24.0 Å². The summed E-state index contributed by atoms with van der Waals surface area (Å²) in [6.07, 6.45) is -1.34. The summed E-state index contributed by atoms with van der Waals surface area (Å²) in [7, 11) is 1.38. The van der Waals surface area contributed by atoms with Crippen LogP contribution in [0.15, 0.2) is 97.1 Å². The van der Waals surface area contributed by atoms with Gasteiger partial charge in [-0.15, -0.1) is 0 Å². The predicted molar refractivity (Wildman–Crippen MR) is 126 cm³/mol. The zero-order valence-corrected chi connectivity index (χ0v) is 18.3. The normalized spacial score (nSPS) is 11.3. The number of carbonyl (C=O) groups is 3. The first-order valence-corrected chi connectivity index (χ1v) is 10.6. The molecule has 0 unspecified atom stereocenters. The van der Waals surface area contributed by atoms with E-state index in [9.17, 15) is 14.4 Å². The number of imide groups is 1. The molecule has 34 heavy (non-hydrogen) atoms. The Balaban J connectivity index is 1.72. The molecule has 0 aliphatic carbocycles. The van der Waals surface area contributed by atoms with Crippen LogP contribution in [-0.2, 0) is 9.53 Å². The third-order valence-corrected chi connectivity index (χ3v) is 5.02. The molecule has 1 aromatic heterocycles. The molecule has 0 radical (unpaired) electrons. The Bertz CT molecular complexity index is 1290. The molecule has 0 bridgehead atoms. The van der Waals surface area contributed by atoms with Gasteiger partial charge >= 0.3 is 12.0 Å². The predicted octanol–water partition coefficient (Wildman–Crippen LogP) is 3.89. The van der Waals surface area contributed by atoms with Gasteiger partial charge in [0.25, 0.3) is 5.91 Å². The summed E-state index contributed by atoms with van der Waals surface area (Å²) < 4.78 is 7.12. The van der Waals surface area contributed by atoms with Crippen molar-refractivity contribution < 1.29 is 19.1 Å². The van der Waals surface area contributed by atoms with Crippen molar-refractivity contribution in [2.75, 3.05) is 7.05 Å². The van der Waals surface area contributed by atoms with E-state index >= 15 is 0 Å². The van der Waals surface area contributed by atoms with Gasteiger partial charge in [-0.25, -0.2) is 14.3 Å². The lowest BCUT2D eigenvalue weighted by atomic mass is 10.1. The van der Waals surface area contributed by atoms with Gasteiger partial charge in [-0.2, -0.15) is 5.10 Å². The lowest BCUT2D eigenvalue weighted by Gasteiger charge is -2.17. The number of ether oxygens (including phenoxy) is 1. The second-order valence-corrected chi connectivity index (χ2v) is 7.29. The smallest absolute Gasteiger partial charge is 0.358 e. The maximum Gasteiger partial charge on any atom is 0.358 e. The molecule has 1 heterocycles. The number of hydrogen-bond donors (Lipinski definition) is 2. The molecule has 4 rings (SSSR count). The van der Waals surface area contributed by atoms with Gasteiger partial charge in [-0.05, 0) is 18.2 Å². The van der Waals surface area contributed by atoms with E-state index in [1.807, 2.05) is 60.7 Å². The summed E-state index contributed by atoms with van der Waals surface area (Å²) in [5, 5.41) is 9.10. The molecule has 3 amide bonds. The molecule has 8 heteroatoms. The van der Waals surface area contributed by atoms with Crippen molar-refractivity contribution in [1.82, 2.24) is 20.4 Å². The van der Waals surface area contributed by atoms with Crippen LogP contribution in [0, 0.1) is 0 Å². The summed E-state index contributed by atoms with van der Waals surface area (Å²) in [5.41, 5.74) is 2.61. The number of aromatic nitrogens is 2. The van der Waals surface area contributed by atoms with Crippen LogP contribution in [-0.4, -0.2) is 34.7 Å². The first-order chi connectivity index (χ1) is 16.6. The Hall–Kier alpha value is -4.72. The topological polar surface area (TPSA) is 102 Å². The minimum atomic E-state index is -1.34. The van der Waals surface area contributed by atoms with Gasteiger partial charge in [-0.1, -0.05) is 78.9 Å². The number of nitrogens with zero attached hydrogens (tertiary/aromatic N) is 2. The molecule has 3 aromatic carbocycles. The number of hydrogen-bond acceptors (Lipinski definition) is 5. The molecule has 170 valence electrons. The lowest BCUT2D eigenvalue weighted by Crippen LogP contribution is -2.41. The van der Waals surface area contributed by atoms with Crippen molar-refractivity contribution in [1.29, 1.82) is 0 Å². The van der Waals surface area contributed by atoms with Crippen molar-refractivity contribution in [3.63, 3.8) is 0 Å². The fourth-order valence-corrected chi connectivity index (χ4v) is 3.35. The second kappa shape index (κ2) is 10.3. The molecule has 0 saturated carbocycles. The number of esters is 1. The second-order valence-electron chi connectivity index (χ2n) is 7.29. The quantitative estimate of drug-likeness (QED) is 0.430. The highest BCUT2D eigenvalue weighted by Crippen LogP contribution is 2.25. The molecular weight excluding hydrogens is 432 g/mol. The van der Waals surface area contributed by atoms with Crippen molar-refractivity contribution in [2.24, 2.45) is 0 Å². The molecular formula is C26H22N4O4. The minimum absolute atomic E-state index is 0.138. The minimum Gasteiger partial charge on any atom is -0.443 e. The lowest BCUT2D eigenvalue weighted by molar-refractivity contribution is -0.129. The van der Waals surface area contributed by atoms with Crippen LogP contribution in [0.1, 0.15) is 22.2 Å². The summed E-state index contributed by atoms with van der Waals surface area (Å²) in [4.78, 5) is 37.9. The van der Waals surface area contributed by atoms with Gasteiger partial charge in [0, 0.05) is 18.2 Å². The van der Waals surface area contributed by atoms with Crippen molar-refractivity contribution in [3.05, 3.63) is 108 Å².